The number of hydrogen-bond acceptors (Lipinski definition) is 7. The normalized spacial score (nSPS) is 11.6. The SMILES string of the molecule is NS(=O)(=O)c1ccc(CCNC(=O)CCCn2c(SCc3cccc(Cl)c3)nc3ccsc3c2=O)cc1. The van der Waals surface area contributed by atoms with Gasteiger partial charge in [-0.2, -0.15) is 0 Å². The van der Waals surface area contributed by atoms with Crippen LogP contribution in [0.25, 0.3) is 10.2 Å². The zero-order valence-corrected chi connectivity index (χ0v) is 22.9. The number of sulfonamides is 1. The number of halogens is 1. The van der Waals surface area contributed by atoms with Gasteiger partial charge < -0.3 is 5.32 Å². The van der Waals surface area contributed by atoms with Crippen LogP contribution in [0, 0.1) is 0 Å². The van der Waals surface area contributed by atoms with Crippen molar-refractivity contribution in [3.63, 3.8) is 0 Å². The summed E-state index contributed by atoms with van der Waals surface area (Å²) < 4.78 is 24.9. The number of thioether (sulfide) groups is 1. The number of rotatable bonds is 11. The largest absolute Gasteiger partial charge is 0.356 e. The van der Waals surface area contributed by atoms with Crippen molar-refractivity contribution < 1.29 is 13.2 Å². The van der Waals surface area contributed by atoms with E-state index in [0.29, 0.717) is 52.1 Å². The molecule has 2 aromatic carbocycles. The van der Waals surface area contributed by atoms with Crippen molar-refractivity contribution in [3.05, 3.63) is 86.5 Å². The molecule has 0 radical (unpaired) electrons. The lowest BCUT2D eigenvalue weighted by Gasteiger charge is -2.12. The van der Waals surface area contributed by atoms with Crippen LogP contribution in [0.3, 0.4) is 0 Å². The van der Waals surface area contributed by atoms with Gasteiger partial charge in [0, 0.05) is 30.3 Å². The molecule has 0 bridgehead atoms. The summed E-state index contributed by atoms with van der Waals surface area (Å²) in [5.41, 5.74) is 2.49. The van der Waals surface area contributed by atoms with Gasteiger partial charge >= 0.3 is 0 Å². The lowest BCUT2D eigenvalue weighted by atomic mass is 10.1. The first kappa shape index (κ1) is 27.3. The summed E-state index contributed by atoms with van der Waals surface area (Å²) in [7, 11) is -3.73. The fourth-order valence-electron chi connectivity index (χ4n) is 3.68. The van der Waals surface area contributed by atoms with Crippen LogP contribution in [0.2, 0.25) is 5.02 Å². The number of aromatic nitrogens is 2. The monoisotopic (exact) mass is 576 g/mol. The Morgan fingerprint density at radius 3 is 2.65 bits per heavy atom. The number of benzene rings is 2. The summed E-state index contributed by atoms with van der Waals surface area (Å²) in [6, 6.07) is 15.7. The summed E-state index contributed by atoms with van der Waals surface area (Å²) >= 11 is 8.92. The van der Waals surface area contributed by atoms with E-state index < -0.39 is 10.0 Å². The van der Waals surface area contributed by atoms with Crippen LogP contribution in [-0.2, 0) is 33.5 Å². The number of thiophene rings is 1. The Labute approximate surface area is 227 Å². The van der Waals surface area contributed by atoms with Gasteiger partial charge in [0.15, 0.2) is 5.16 Å². The molecule has 1 amide bonds. The maximum Gasteiger partial charge on any atom is 0.272 e. The van der Waals surface area contributed by atoms with Crippen molar-refractivity contribution >= 4 is 60.8 Å². The Morgan fingerprint density at radius 1 is 1.14 bits per heavy atom. The second-order valence-electron chi connectivity index (χ2n) is 8.30. The third kappa shape index (κ3) is 7.42. The fourth-order valence-corrected chi connectivity index (χ4v) is 6.16. The molecule has 0 fully saturated rings. The molecule has 0 saturated carbocycles. The van der Waals surface area contributed by atoms with Crippen LogP contribution in [0.15, 0.2) is 74.8 Å². The molecular formula is C25H25ClN4O4S3. The van der Waals surface area contributed by atoms with Gasteiger partial charge in [-0.3, -0.25) is 14.2 Å². The van der Waals surface area contributed by atoms with Crippen LogP contribution < -0.4 is 16.0 Å². The van der Waals surface area contributed by atoms with Crippen LogP contribution in [-0.4, -0.2) is 30.4 Å². The number of amides is 1. The first-order valence-corrected chi connectivity index (χ1v) is 15.2. The number of nitrogens with one attached hydrogen (secondary N) is 1. The van der Waals surface area contributed by atoms with Crippen molar-refractivity contribution in [2.45, 2.75) is 41.6 Å². The number of primary sulfonamides is 1. The Bertz CT molecular complexity index is 1570. The Morgan fingerprint density at radius 2 is 1.92 bits per heavy atom. The van der Waals surface area contributed by atoms with Gasteiger partial charge in [0.05, 0.1) is 10.4 Å². The molecule has 2 heterocycles. The van der Waals surface area contributed by atoms with Gasteiger partial charge in [0.1, 0.15) is 4.70 Å². The molecule has 0 aliphatic carbocycles. The summed E-state index contributed by atoms with van der Waals surface area (Å²) in [6.45, 7) is 0.789. The molecule has 37 heavy (non-hydrogen) atoms. The first-order valence-electron chi connectivity index (χ1n) is 11.4. The lowest BCUT2D eigenvalue weighted by Crippen LogP contribution is -2.27. The molecule has 12 heteroatoms. The maximum atomic E-state index is 13.1. The van der Waals surface area contributed by atoms with Crippen LogP contribution in [0.5, 0.6) is 0 Å². The zero-order valence-electron chi connectivity index (χ0n) is 19.7. The van der Waals surface area contributed by atoms with Crippen molar-refractivity contribution in [1.29, 1.82) is 0 Å². The minimum atomic E-state index is -3.73. The smallest absolute Gasteiger partial charge is 0.272 e. The van der Waals surface area contributed by atoms with Crippen molar-refractivity contribution in [1.82, 2.24) is 14.9 Å². The third-order valence-corrected chi connectivity index (χ3v) is 8.66. The third-order valence-electron chi connectivity index (χ3n) is 5.56. The highest BCUT2D eigenvalue weighted by Crippen LogP contribution is 2.25. The van der Waals surface area contributed by atoms with E-state index in [-0.39, 0.29) is 22.8 Å². The first-order chi connectivity index (χ1) is 17.7. The Hall–Kier alpha value is -2.70. The topological polar surface area (TPSA) is 124 Å². The van der Waals surface area contributed by atoms with E-state index in [4.69, 9.17) is 21.7 Å². The molecule has 3 N–H and O–H groups in total. The highest BCUT2D eigenvalue weighted by Gasteiger charge is 2.14. The van der Waals surface area contributed by atoms with Crippen LogP contribution in [0.1, 0.15) is 24.0 Å². The molecule has 0 spiro atoms. The Kier molecular flexibility index (Phi) is 9.04. The number of carbonyl (C=O) groups is 1. The number of carbonyl (C=O) groups excluding carboxylic acids is 1. The molecule has 2 aromatic heterocycles. The fraction of sp³-hybridized carbons (Fsp3) is 0.240. The van der Waals surface area contributed by atoms with E-state index in [2.05, 4.69) is 5.32 Å². The predicted octanol–water partition coefficient (Wildman–Crippen LogP) is 4.19. The van der Waals surface area contributed by atoms with Gasteiger partial charge in [-0.15, -0.1) is 11.3 Å². The number of nitrogens with zero attached hydrogens (tertiary/aromatic N) is 2. The molecule has 0 atom stereocenters. The standard InChI is InChI=1S/C25H25ClN4O4S3/c26-19-4-1-3-18(15-19)16-36-25-29-21-11-14-35-23(21)24(32)30(25)13-2-5-22(31)28-12-10-17-6-8-20(9-7-17)37(27,33)34/h1,3-4,6-9,11,14-15H,2,5,10,12-13,16H2,(H,28,31)(H2,27,33,34). The lowest BCUT2D eigenvalue weighted by molar-refractivity contribution is -0.121. The maximum absolute atomic E-state index is 13.1. The van der Waals surface area contributed by atoms with Gasteiger partial charge in [0.2, 0.25) is 15.9 Å². The van der Waals surface area contributed by atoms with Gasteiger partial charge in [-0.25, -0.2) is 18.5 Å². The van der Waals surface area contributed by atoms with E-state index in [1.54, 1.807) is 16.7 Å². The summed E-state index contributed by atoms with van der Waals surface area (Å²) in [4.78, 5) is 30.2. The molecule has 194 valence electrons. The molecule has 4 aromatic rings. The minimum absolute atomic E-state index is 0.0517. The van der Waals surface area contributed by atoms with E-state index in [9.17, 15) is 18.0 Å². The van der Waals surface area contributed by atoms with Crippen molar-refractivity contribution in [3.8, 4) is 0 Å². The van der Waals surface area contributed by atoms with Gasteiger partial charge in [-0.1, -0.05) is 47.6 Å². The van der Waals surface area contributed by atoms with E-state index in [0.717, 1.165) is 11.1 Å². The van der Waals surface area contributed by atoms with E-state index in [1.807, 2.05) is 35.7 Å². The van der Waals surface area contributed by atoms with Gasteiger partial charge in [-0.05, 0) is 59.7 Å². The predicted molar refractivity (Wildman–Crippen MR) is 149 cm³/mol. The van der Waals surface area contributed by atoms with Crippen molar-refractivity contribution in [2.24, 2.45) is 5.14 Å². The summed E-state index contributed by atoms with van der Waals surface area (Å²) in [5, 5.41) is 11.1. The summed E-state index contributed by atoms with van der Waals surface area (Å²) in [6.07, 6.45) is 1.30. The number of fused-ring (bicyclic) bond motifs is 1. The van der Waals surface area contributed by atoms with E-state index >= 15 is 0 Å². The number of hydrogen-bond donors (Lipinski definition) is 2. The number of nitrogens with two attached hydrogens (primary N) is 1. The molecule has 0 aliphatic heterocycles. The van der Waals surface area contributed by atoms with Crippen LogP contribution >= 0.6 is 34.7 Å². The average molecular weight is 577 g/mol. The van der Waals surface area contributed by atoms with Gasteiger partial charge in [0.25, 0.3) is 5.56 Å². The zero-order chi connectivity index (χ0) is 26.4. The summed E-state index contributed by atoms with van der Waals surface area (Å²) in [5.74, 6) is 0.494. The molecule has 0 unspecified atom stereocenters. The Balaban J connectivity index is 1.33. The van der Waals surface area contributed by atoms with Crippen LogP contribution in [0.4, 0.5) is 0 Å². The average Bonchev–Trinajstić information content (AvgIpc) is 3.33. The second kappa shape index (κ2) is 12.2. The molecule has 0 aliphatic rings. The molecular weight excluding hydrogens is 552 g/mol. The molecule has 0 saturated heterocycles. The second-order valence-corrected chi connectivity index (χ2v) is 12.2. The molecule has 8 nitrogen and oxygen atoms in total. The minimum Gasteiger partial charge on any atom is -0.356 e. The van der Waals surface area contributed by atoms with E-state index in [1.165, 1.54) is 35.2 Å². The molecule has 4 rings (SSSR count). The highest BCUT2D eigenvalue weighted by atomic mass is 35.5. The highest BCUT2D eigenvalue weighted by molar-refractivity contribution is 7.98. The quantitative estimate of drug-likeness (QED) is 0.204. The van der Waals surface area contributed by atoms with Crippen molar-refractivity contribution in [2.75, 3.05) is 6.54 Å².